The Morgan fingerprint density at radius 1 is 1.56 bits per heavy atom. The minimum atomic E-state index is -0.420. The Bertz CT molecular complexity index is 347. The van der Waals surface area contributed by atoms with Gasteiger partial charge in [-0.3, -0.25) is 0 Å². The fraction of sp³-hybridized carbons (Fsp3) is 0.545. The number of hydrogen-bond donors (Lipinski definition) is 2. The van der Waals surface area contributed by atoms with Crippen molar-refractivity contribution < 1.29 is 9.50 Å². The standard InChI is InChI=1S/C11H16BrFN2O/c1-7(2)3-9(6-16)15-11-10(13)4-8(12)5-14-11/h4-5,7,9,16H,3,6H2,1-2H3,(H,14,15). The average molecular weight is 291 g/mol. The molecular formula is C11H16BrFN2O. The number of aliphatic hydroxyl groups is 1. The lowest BCUT2D eigenvalue weighted by molar-refractivity contribution is 0.259. The second-order valence-electron chi connectivity index (χ2n) is 4.14. The van der Waals surface area contributed by atoms with Gasteiger partial charge in [0.2, 0.25) is 0 Å². The van der Waals surface area contributed by atoms with Crippen LogP contribution in [0.5, 0.6) is 0 Å². The van der Waals surface area contributed by atoms with Crippen molar-refractivity contribution in [3.05, 3.63) is 22.6 Å². The van der Waals surface area contributed by atoms with Crippen LogP contribution in [0.4, 0.5) is 10.2 Å². The van der Waals surface area contributed by atoms with Crippen LogP contribution in [0.15, 0.2) is 16.7 Å². The van der Waals surface area contributed by atoms with Gasteiger partial charge in [0.25, 0.3) is 0 Å². The Kier molecular flexibility index (Phi) is 5.15. The van der Waals surface area contributed by atoms with Crippen LogP contribution in [0, 0.1) is 11.7 Å². The summed E-state index contributed by atoms with van der Waals surface area (Å²) in [5.41, 5.74) is 0. The molecule has 0 radical (unpaired) electrons. The van der Waals surface area contributed by atoms with Gasteiger partial charge in [-0.05, 0) is 34.3 Å². The highest BCUT2D eigenvalue weighted by Crippen LogP contribution is 2.18. The number of aromatic nitrogens is 1. The topological polar surface area (TPSA) is 45.1 Å². The van der Waals surface area contributed by atoms with E-state index in [4.69, 9.17) is 5.11 Å². The van der Waals surface area contributed by atoms with Crippen molar-refractivity contribution in [2.45, 2.75) is 26.3 Å². The molecule has 0 saturated carbocycles. The van der Waals surface area contributed by atoms with E-state index < -0.39 is 5.82 Å². The van der Waals surface area contributed by atoms with E-state index in [9.17, 15) is 4.39 Å². The van der Waals surface area contributed by atoms with Gasteiger partial charge in [-0.25, -0.2) is 9.37 Å². The number of nitrogens with one attached hydrogen (secondary N) is 1. The summed E-state index contributed by atoms with van der Waals surface area (Å²) in [7, 11) is 0. The van der Waals surface area contributed by atoms with Crippen molar-refractivity contribution in [1.82, 2.24) is 4.98 Å². The summed E-state index contributed by atoms with van der Waals surface area (Å²) in [6.45, 7) is 4.07. The van der Waals surface area contributed by atoms with Crippen LogP contribution >= 0.6 is 15.9 Å². The van der Waals surface area contributed by atoms with Crippen LogP contribution < -0.4 is 5.32 Å². The third-order valence-electron chi connectivity index (χ3n) is 2.12. The lowest BCUT2D eigenvalue weighted by Gasteiger charge is -2.19. The van der Waals surface area contributed by atoms with E-state index in [2.05, 4.69) is 40.1 Å². The number of halogens is 2. The molecule has 0 aliphatic heterocycles. The number of anilines is 1. The molecule has 1 rings (SSSR count). The summed E-state index contributed by atoms with van der Waals surface area (Å²) in [5.74, 6) is 0.197. The fourth-order valence-electron chi connectivity index (χ4n) is 1.46. The molecule has 0 amide bonds. The first-order valence-corrected chi connectivity index (χ1v) is 6.00. The van der Waals surface area contributed by atoms with Crippen molar-refractivity contribution in [3.8, 4) is 0 Å². The van der Waals surface area contributed by atoms with Crippen LogP contribution in [0.1, 0.15) is 20.3 Å². The normalized spacial score (nSPS) is 12.9. The summed E-state index contributed by atoms with van der Waals surface area (Å²) < 4.78 is 14.0. The van der Waals surface area contributed by atoms with Crippen LogP contribution in [0.25, 0.3) is 0 Å². The summed E-state index contributed by atoms with van der Waals surface area (Å²) in [6.07, 6.45) is 2.29. The Balaban J connectivity index is 2.70. The van der Waals surface area contributed by atoms with Crippen molar-refractivity contribution in [2.24, 2.45) is 5.92 Å². The van der Waals surface area contributed by atoms with Gasteiger partial charge >= 0.3 is 0 Å². The monoisotopic (exact) mass is 290 g/mol. The Morgan fingerprint density at radius 2 is 2.25 bits per heavy atom. The lowest BCUT2D eigenvalue weighted by atomic mass is 10.0. The summed E-state index contributed by atoms with van der Waals surface area (Å²) in [5, 5.41) is 12.1. The maximum atomic E-state index is 13.4. The molecule has 3 nitrogen and oxygen atoms in total. The zero-order chi connectivity index (χ0) is 12.1. The first-order valence-electron chi connectivity index (χ1n) is 5.21. The lowest BCUT2D eigenvalue weighted by Crippen LogP contribution is -2.26. The minimum absolute atomic E-state index is 0.0324. The van der Waals surface area contributed by atoms with E-state index >= 15 is 0 Å². The Labute approximate surface area is 103 Å². The van der Waals surface area contributed by atoms with E-state index in [1.54, 1.807) is 0 Å². The SMILES string of the molecule is CC(C)CC(CO)Nc1ncc(Br)cc1F. The van der Waals surface area contributed by atoms with Gasteiger partial charge in [0.05, 0.1) is 12.6 Å². The molecule has 0 spiro atoms. The summed E-state index contributed by atoms with van der Waals surface area (Å²) >= 11 is 3.14. The second-order valence-corrected chi connectivity index (χ2v) is 5.05. The predicted octanol–water partition coefficient (Wildman–Crippen LogP) is 2.80. The first kappa shape index (κ1) is 13.4. The fourth-order valence-corrected chi connectivity index (χ4v) is 1.77. The smallest absolute Gasteiger partial charge is 0.166 e. The van der Waals surface area contributed by atoms with Gasteiger partial charge in [-0.1, -0.05) is 13.8 Å². The van der Waals surface area contributed by atoms with Gasteiger partial charge in [-0.2, -0.15) is 0 Å². The van der Waals surface area contributed by atoms with Gasteiger partial charge in [0.1, 0.15) is 0 Å². The molecule has 1 aromatic heterocycles. The number of nitrogens with zero attached hydrogens (tertiary/aromatic N) is 1. The zero-order valence-corrected chi connectivity index (χ0v) is 11.0. The molecule has 2 N–H and O–H groups in total. The molecule has 1 atom stereocenters. The van der Waals surface area contributed by atoms with Crippen molar-refractivity contribution in [3.63, 3.8) is 0 Å². The average Bonchev–Trinajstić information content (AvgIpc) is 2.20. The number of rotatable bonds is 5. The van der Waals surface area contributed by atoms with E-state index in [0.29, 0.717) is 10.4 Å². The molecule has 0 aliphatic carbocycles. The maximum absolute atomic E-state index is 13.4. The third kappa shape index (κ3) is 4.06. The van der Waals surface area contributed by atoms with E-state index in [1.807, 2.05) is 0 Å². The molecule has 0 saturated heterocycles. The van der Waals surface area contributed by atoms with Crippen LogP contribution in [-0.2, 0) is 0 Å². The Hall–Kier alpha value is -0.680. The van der Waals surface area contributed by atoms with Crippen LogP contribution in [0.2, 0.25) is 0 Å². The van der Waals surface area contributed by atoms with Crippen molar-refractivity contribution in [2.75, 3.05) is 11.9 Å². The summed E-state index contributed by atoms with van der Waals surface area (Å²) in [4.78, 5) is 3.93. The van der Waals surface area contributed by atoms with E-state index in [1.165, 1.54) is 12.3 Å². The highest BCUT2D eigenvalue weighted by molar-refractivity contribution is 9.10. The predicted molar refractivity (Wildman–Crippen MR) is 65.8 cm³/mol. The van der Waals surface area contributed by atoms with Crippen molar-refractivity contribution >= 4 is 21.7 Å². The molecule has 0 aliphatic rings. The molecule has 90 valence electrons. The van der Waals surface area contributed by atoms with Crippen LogP contribution in [0.3, 0.4) is 0 Å². The molecule has 1 heterocycles. The molecule has 16 heavy (non-hydrogen) atoms. The second kappa shape index (κ2) is 6.15. The number of hydrogen-bond acceptors (Lipinski definition) is 3. The molecular weight excluding hydrogens is 275 g/mol. The Morgan fingerprint density at radius 3 is 2.75 bits per heavy atom. The van der Waals surface area contributed by atoms with E-state index in [-0.39, 0.29) is 18.5 Å². The van der Waals surface area contributed by atoms with Crippen molar-refractivity contribution in [1.29, 1.82) is 0 Å². The highest BCUT2D eigenvalue weighted by atomic mass is 79.9. The molecule has 1 unspecified atom stereocenters. The molecule has 0 bridgehead atoms. The van der Waals surface area contributed by atoms with E-state index in [0.717, 1.165) is 6.42 Å². The first-order chi connectivity index (χ1) is 7.52. The number of pyridine rings is 1. The number of aliphatic hydroxyl groups excluding tert-OH is 1. The molecule has 1 aromatic rings. The van der Waals surface area contributed by atoms with Crippen LogP contribution in [-0.4, -0.2) is 22.7 Å². The molecule has 5 heteroatoms. The summed E-state index contributed by atoms with van der Waals surface area (Å²) in [6, 6.07) is 1.18. The highest BCUT2D eigenvalue weighted by Gasteiger charge is 2.12. The third-order valence-corrected chi connectivity index (χ3v) is 2.56. The minimum Gasteiger partial charge on any atom is -0.394 e. The van der Waals surface area contributed by atoms with Gasteiger partial charge in [-0.15, -0.1) is 0 Å². The molecule has 0 aromatic carbocycles. The zero-order valence-electron chi connectivity index (χ0n) is 9.37. The maximum Gasteiger partial charge on any atom is 0.166 e. The van der Waals surface area contributed by atoms with Gasteiger partial charge < -0.3 is 10.4 Å². The van der Waals surface area contributed by atoms with Gasteiger partial charge in [0.15, 0.2) is 11.6 Å². The quantitative estimate of drug-likeness (QED) is 0.877. The molecule has 0 fully saturated rings. The van der Waals surface area contributed by atoms with Gasteiger partial charge in [0, 0.05) is 10.7 Å². The largest absolute Gasteiger partial charge is 0.394 e.